The summed E-state index contributed by atoms with van der Waals surface area (Å²) in [5.74, 6) is 3.24. The van der Waals surface area contributed by atoms with Crippen molar-refractivity contribution in [2.75, 3.05) is 31.2 Å². The van der Waals surface area contributed by atoms with Crippen molar-refractivity contribution < 1.29 is 4.74 Å². The molecule has 1 fully saturated rings. The molecule has 0 amide bonds. The fourth-order valence-corrected chi connectivity index (χ4v) is 2.46. The SMILES string of the molecule is C[Si](C)(C)C#Cc1ncc(Cl)cc1N1CCOCC1. The minimum Gasteiger partial charge on any atom is -0.378 e. The predicted molar refractivity (Wildman–Crippen MR) is 82.5 cm³/mol. The lowest BCUT2D eigenvalue weighted by Gasteiger charge is -2.29. The second-order valence-electron chi connectivity index (χ2n) is 5.62. The maximum absolute atomic E-state index is 6.07. The van der Waals surface area contributed by atoms with Crippen molar-refractivity contribution >= 4 is 25.4 Å². The van der Waals surface area contributed by atoms with Gasteiger partial charge in [0.05, 0.1) is 23.9 Å². The average molecular weight is 295 g/mol. The summed E-state index contributed by atoms with van der Waals surface area (Å²) in [6.45, 7) is 9.90. The molecule has 0 spiro atoms. The first-order valence-electron chi connectivity index (χ1n) is 6.47. The minimum atomic E-state index is -1.40. The van der Waals surface area contributed by atoms with Crippen molar-refractivity contribution in [3.63, 3.8) is 0 Å². The number of hydrogen-bond acceptors (Lipinski definition) is 3. The minimum absolute atomic E-state index is 0.653. The molecule has 2 rings (SSSR count). The van der Waals surface area contributed by atoms with E-state index in [4.69, 9.17) is 16.3 Å². The van der Waals surface area contributed by atoms with E-state index in [-0.39, 0.29) is 0 Å². The van der Waals surface area contributed by atoms with E-state index in [1.165, 1.54) is 0 Å². The first-order chi connectivity index (χ1) is 8.96. The maximum atomic E-state index is 6.07. The zero-order chi connectivity index (χ0) is 13.9. The number of hydrogen-bond donors (Lipinski definition) is 0. The highest BCUT2D eigenvalue weighted by molar-refractivity contribution is 6.83. The Morgan fingerprint density at radius 2 is 2.00 bits per heavy atom. The van der Waals surface area contributed by atoms with Gasteiger partial charge in [-0.2, -0.15) is 0 Å². The molecule has 0 radical (unpaired) electrons. The molecule has 0 saturated carbocycles. The third-order valence-corrected chi connectivity index (χ3v) is 3.82. The van der Waals surface area contributed by atoms with E-state index in [1.54, 1.807) is 6.20 Å². The van der Waals surface area contributed by atoms with Crippen molar-refractivity contribution in [2.24, 2.45) is 0 Å². The van der Waals surface area contributed by atoms with E-state index in [1.807, 2.05) is 6.07 Å². The molecule has 0 bridgehead atoms. The van der Waals surface area contributed by atoms with E-state index in [0.717, 1.165) is 37.7 Å². The van der Waals surface area contributed by atoms with Crippen LogP contribution in [0.15, 0.2) is 12.3 Å². The summed E-state index contributed by atoms with van der Waals surface area (Å²) in [6, 6.07) is 1.95. The fraction of sp³-hybridized carbons (Fsp3) is 0.500. The number of ether oxygens (including phenoxy) is 1. The molecule has 1 saturated heterocycles. The molecule has 1 aromatic rings. The summed E-state index contributed by atoms with van der Waals surface area (Å²) in [7, 11) is -1.40. The van der Waals surface area contributed by atoms with E-state index < -0.39 is 8.07 Å². The first kappa shape index (κ1) is 14.4. The van der Waals surface area contributed by atoms with Crippen molar-refractivity contribution in [3.05, 3.63) is 23.0 Å². The van der Waals surface area contributed by atoms with Gasteiger partial charge in [0.2, 0.25) is 0 Å². The van der Waals surface area contributed by atoms with Gasteiger partial charge in [0.1, 0.15) is 13.8 Å². The lowest BCUT2D eigenvalue weighted by atomic mass is 10.2. The van der Waals surface area contributed by atoms with E-state index in [2.05, 4.69) is 41.0 Å². The summed E-state index contributed by atoms with van der Waals surface area (Å²) in [6.07, 6.45) is 1.67. The number of pyridine rings is 1. The Hall–Kier alpha value is -1.02. The predicted octanol–water partition coefficient (Wildman–Crippen LogP) is 2.80. The Kier molecular flexibility index (Phi) is 4.51. The molecule has 2 heterocycles. The molecule has 0 atom stereocenters. The van der Waals surface area contributed by atoms with Crippen LogP contribution < -0.4 is 4.90 Å². The van der Waals surface area contributed by atoms with E-state index in [0.29, 0.717) is 5.02 Å². The quantitative estimate of drug-likeness (QED) is 0.588. The standard InChI is InChI=1S/C14H19ClN2OSi/c1-19(2,3)9-4-13-14(10-12(15)11-16-13)17-5-7-18-8-6-17/h10-11H,5-8H2,1-3H3. The third kappa shape index (κ3) is 4.24. The fourth-order valence-electron chi connectivity index (χ4n) is 1.82. The van der Waals surface area contributed by atoms with Crippen LogP contribution in [0.4, 0.5) is 5.69 Å². The number of aromatic nitrogens is 1. The molecule has 5 heteroatoms. The summed E-state index contributed by atoms with van der Waals surface area (Å²) in [4.78, 5) is 6.64. The zero-order valence-corrected chi connectivity index (χ0v) is 13.4. The monoisotopic (exact) mass is 294 g/mol. The van der Waals surface area contributed by atoms with E-state index in [9.17, 15) is 0 Å². The van der Waals surface area contributed by atoms with Gasteiger partial charge in [0.25, 0.3) is 0 Å². The number of rotatable bonds is 1. The van der Waals surface area contributed by atoms with Crippen LogP contribution in [0.25, 0.3) is 0 Å². The molecule has 19 heavy (non-hydrogen) atoms. The van der Waals surface area contributed by atoms with Gasteiger partial charge in [-0.25, -0.2) is 4.98 Å². The van der Waals surface area contributed by atoms with Crippen LogP contribution in [-0.4, -0.2) is 39.4 Å². The maximum Gasteiger partial charge on any atom is 0.135 e. The van der Waals surface area contributed by atoms with Gasteiger partial charge in [-0.05, 0) is 6.07 Å². The van der Waals surface area contributed by atoms with Crippen LogP contribution in [0, 0.1) is 11.5 Å². The van der Waals surface area contributed by atoms with Crippen LogP contribution in [-0.2, 0) is 4.74 Å². The van der Waals surface area contributed by atoms with Crippen molar-refractivity contribution in [3.8, 4) is 11.5 Å². The Morgan fingerprint density at radius 1 is 1.32 bits per heavy atom. The molecule has 0 unspecified atom stereocenters. The molecule has 0 aliphatic carbocycles. The Balaban J connectivity index is 2.34. The molecule has 1 aliphatic heterocycles. The highest BCUT2D eigenvalue weighted by atomic mass is 35.5. The smallest absolute Gasteiger partial charge is 0.135 e. The van der Waals surface area contributed by atoms with Crippen LogP contribution in [0.2, 0.25) is 24.7 Å². The normalized spacial score (nSPS) is 15.9. The topological polar surface area (TPSA) is 25.4 Å². The molecular formula is C14H19ClN2OSi. The second kappa shape index (κ2) is 5.95. The second-order valence-corrected chi connectivity index (χ2v) is 10.8. The summed E-state index contributed by atoms with van der Waals surface area (Å²) >= 11 is 6.07. The van der Waals surface area contributed by atoms with Crippen LogP contribution in [0.3, 0.4) is 0 Å². The third-order valence-electron chi connectivity index (χ3n) is 2.74. The summed E-state index contributed by atoms with van der Waals surface area (Å²) < 4.78 is 5.38. The van der Waals surface area contributed by atoms with Gasteiger partial charge < -0.3 is 9.64 Å². The van der Waals surface area contributed by atoms with Gasteiger partial charge in [-0.15, -0.1) is 5.54 Å². The first-order valence-corrected chi connectivity index (χ1v) is 10.3. The van der Waals surface area contributed by atoms with Crippen molar-refractivity contribution in [2.45, 2.75) is 19.6 Å². The average Bonchev–Trinajstić information content (AvgIpc) is 2.37. The van der Waals surface area contributed by atoms with Crippen molar-refractivity contribution in [1.29, 1.82) is 0 Å². The number of anilines is 1. The Bertz CT molecular complexity index is 510. The highest BCUT2D eigenvalue weighted by Crippen LogP contribution is 2.23. The van der Waals surface area contributed by atoms with Crippen LogP contribution in [0.5, 0.6) is 0 Å². The van der Waals surface area contributed by atoms with Gasteiger partial charge in [-0.3, -0.25) is 0 Å². The van der Waals surface area contributed by atoms with Crippen LogP contribution >= 0.6 is 11.6 Å². The number of morpholine rings is 1. The largest absolute Gasteiger partial charge is 0.378 e. The van der Waals surface area contributed by atoms with Gasteiger partial charge in [-0.1, -0.05) is 37.2 Å². The van der Waals surface area contributed by atoms with Gasteiger partial charge >= 0.3 is 0 Å². The molecule has 102 valence electrons. The van der Waals surface area contributed by atoms with Crippen molar-refractivity contribution in [1.82, 2.24) is 4.98 Å². The molecule has 1 aliphatic rings. The molecule has 3 nitrogen and oxygen atoms in total. The zero-order valence-electron chi connectivity index (χ0n) is 11.7. The Labute approximate surface area is 120 Å². The van der Waals surface area contributed by atoms with Gasteiger partial charge in [0.15, 0.2) is 0 Å². The highest BCUT2D eigenvalue weighted by Gasteiger charge is 2.16. The van der Waals surface area contributed by atoms with Gasteiger partial charge in [0, 0.05) is 19.3 Å². The molecule has 1 aromatic heterocycles. The molecule has 0 aromatic carbocycles. The lowest BCUT2D eigenvalue weighted by molar-refractivity contribution is 0.122. The van der Waals surface area contributed by atoms with E-state index >= 15 is 0 Å². The molecular weight excluding hydrogens is 276 g/mol. The van der Waals surface area contributed by atoms with Crippen LogP contribution in [0.1, 0.15) is 5.69 Å². The summed E-state index contributed by atoms with van der Waals surface area (Å²) in [5.41, 5.74) is 5.22. The number of nitrogens with zero attached hydrogens (tertiary/aromatic N) is 2. The summed E-state index contributed by atoms with van der Waals surface area (Å²) in [5, 5.41) is 0.653. The number of halogens is 1. The Morgan fingerprint density at radius 3 is 2.63 bits per heavy atom. The lowest BCUT2D eigenvalue weighted by Crippen LogP contribution is -2.36. The molecule has 0 N–H and O–H groups in total.